The lowest BCUT2D eigenvalue weighted by atomic mass is 10.00. The Morgan fingerprint density at radius 1 is 0.783 bits per heavy atom. The molecular formula is C21H19NO. The predicted molar refractivity (Wildman–Crippen MR) is 93.2 cm³/mol. The van der Waals surface area contributed by atoms with E-state index in [1.165, 1.54) is 22.3 Å². The lowest BCUT2D eigenvalue weighted by Crippen LogP contribution is -1.99. The SMILES string of the molecule is c1ccc(COc2ccccc2-c2ccc3c(c2)CNC3)cc1. The molecule has 0 saturated heterocycles. The van der Waals surface area contributed by atoms with Gasteiger partial charge in [-0.25, -0.2) is 0 Å². The molecule has 0 radical (unpaired) electrons. The highest BCUT2D eigenvalue weighted by atomic mass is 16.5. The molecule has 1 aliphatic rings. The number of rotatable bonds is 4. The van der Waals surface area contributed by atoms with Crippen LogP contribution in [0.5, 0.6) is 5.75 Å². The van der Waals surface area contributed by atoms with E-state index in [9.17, 15) is 0 Å². The molecular weight excluding hydrogens is 282 g/mol. The number of ether oxygens (including phenoxy) is 1. The van der Waals surface area contributed by atoms with Gasteiger partial charge in [0, 0.05) is 18.7 Å². The molecule has 0 aliphatic carbocycles. The first-order valence-electron chi connectivity index (χ1n) is 7.99. The van der Waals surface area contributed by atoms with Crippen LogP contribution in [0.1, 0.15) is 16.7 Å². The minimum absolute atomic E-state index is 0.588. The molecule has 114 valence electrons. The van der Waals surface area contributed by atoms with E-state index in [0.717, 1.165) is 24.4 Å². The molecule has 23 heavy (non-hydrogen) atoms. The molecule has 0 fully saturated rings. The molecule has 0 atom stereocenters. The maximum atomic E-state index is 6.08. The van der Waals surface area contributed by atoms with Crippen molar-refractivity contribution >= 4 is 0 Å². The second kappa shape index (κ2) is 6.27. The first kappa shape index (κ1) is 14.0. The van der Waals surface area contributed by atoms with Gasteiger partial charge < -0.3 is 10.1 Å². The molecule has 0 spiro atoms. The molecule has 1 heterocycles. The highest BCUT2D eigenvalue weighted by Gasteiger charge is 2.12. The quantitative estimate of drug-likeness (QED) is 0.764. The van der Waals surface area contributed by atoms with E-state index in [1.54, 1.807) is 0 Å². The maximum absolute atomic E-state index is 6.08. The summed E-state index contributed by atoms with van der Waals surface area (Å²) in [6.45, 7) is 2.52. The van der Waals surface area contributed by atoms with Crippen LogP contribution in [0.15, 0.2) is 72.8 Å². The lowest BCUT2D eigenvalue weighted by Gasteiger charge is -2.12. The van der Waals surface area contributed by atoms with E-state index >= 15 is 0 Å². The van der Waals surface area contributed by atoms with Crippen molar-refractivity contribution in [2.45, 2.75) is 19.7 Å². The molecule has 0 bridgehead atoms. The van der Waals surface area contributed by atoms with Crippen molar-refractivity contribution in [1.82, 2.24) is 5.32 Å². The maximum Gasteiger partial charge on any atom is 0.127 e. The van der Waals surface area contributed by atoms with Gasteiger partial charge in [-0.2, -0.15) is 0 Å². The van der Waals surface area contributed by atoms with Gasteiger partial charge in [0.05, 0.1) is 0 Å². The summed E-state index contributed by atoms with van der Waals surface area (Å²) in [6, 6.07) is 25.2. The molecule has 2 heteroatoms. The first-order valence-corrected chi connectivity index (χ1v) is 7.99. The third-order valence-electron chi connectivity index (χ3n) is 4.27. The van der Waals surface area contributed by atoms with E-state index in [-0.39, 0.29) is 0 Å². The Kier molecular flexibility index (Phi) is 3.83. The largest absolute Gasteiger partial charge is 0.488 e. The zero-order valence-corrected chi connectivity index (χ0v) is 13.0. The third kappa shape index (κ3) is 2.99. The van der Waals surface area contributed by atoms with Crippen LogP contribution < -0.4 is 10.1 Å². The number of nitrogens with one attached hydrogen (secondary N) is 1. The third-order valence-corrected chi connectivity index (χ3v) is 4.27. The van der Waals surface area contributed by atoms with Crippen LogP contribution in [0.25, 0.3) is 11.1 Å². The first-order chi connectivity index (χ1) is 11.4. The Morgan fingerprint density at radius 2 is 1.57 bits per heavy atom. The smallest absolute Gasteiger partial charge is 0.127 e. The van der Waals surface area contributed by atoms with Gasteiger partial charge in [-0.05, 0) is 34.4 Å². The van der Waals surface area contributed by atoms with Gasteiger partial charge in [-0.3, -0.25) is 0 Å². The molecule has 0 aromatic heterocycles. The molecule has 1 N–H and O–H groups in total. The molecule has 4 rings (SSSR count). The molecule has 0 amide bonds. The van der Waals surface area contributed by atoms with Crippen molar-refractivity contribution in [2.24, 2.45) is 0 Å². The standard InChI is InChI=1S/C21H19NO/c1-2-6-16(7-3-1)15-23-21-9-5-4-8-20(21)17-10-11-18-13-22-14-19(18)12-17/h1-12,22H,13-15H2. The van der Waals surface area contributed by atoms with Crippen molar-refractivity contribution in [1.29, 1.82) is 0 Å². The van der Waals surface area contributed by atoms with Crippen LogP contribution in [-0.2, 0) is 19.7 Å². The number of hydrogen-bond donors (Lipinski definition) is 1. The highest BCUT2D eigenvalue weighted by Crippen LogP contribution is 2.32. The number of hydrogen-bond acceptors (Lipinski definition) is 2. The topological polar surface area (TPSA) is 21.3 Å². The van der Waals surface area contributed by atoms with Crippen molar-refractivity contribution in [3.63, 3.8) is 0 Å². The zero-order valence-electron chi connectivity index (χ0n) is 13.0. The summed E-state index contributed by atoms with van der Waals surface area (Å²) in [5.74, 6) is 0.933. The molecule has 3 aromatic carbocycles. The Hall–Kier alpha value is -2.58. The van der Waals surface area contributed by atoms with Crippen LogP contribution in [0.2, 0.25) is 0 Å². The van der Waals surface area contributed by atoms with E-state index in [2.05, 4.69) is 47.8 Å². The van der Waals surface area contributed by atoms with E-state index < -0.39 is 0 Å². The average Bonchev–Trinajstić information content (AvgIpc) is 3.09. The van der Waals surface area contributed by atoms with Crippen LogP contribution in [0, 0.1) is 0 Å². The van der Waals surface area contributed by atoms with Gasteiger partial charge in [0.25, 0.3) is 0 Å². The van der Waals surface area contributed by atoms with E-state index in [1.807, 2.05) is 30.3 Å². The second-order valence-corrected chi connectivity index (χ2v) is 5.86. The molecule has 0 saturated carbocycles. The van der Waals surface area contributed by atoms with E-state index in [4.69, 9.17) is 4.74 Å². The summed E-state index contributed by atoms with van der Waals surface area (Å²) in [7, 11) is 0. The summed E-state index contributed by atoms with van der Waals surface area (Å²) in [5, 5.41) is 3.40. The molecule has 0 unspecified atom stereocenters. The van der Waals surface area contributed by atoms with Crippen LogP contribution in [0.4, 0.5) is 0 Å². The fraction of sp³-hybridized carbons (Fsp3) is 0.143. The van der Waals surface area contributed by atoms with Gasteiger partial charge in [-0.1, -0.05) is 60.7 Å². The summed E-state index contributed by atoms with van der Waals surface area (Å²) in [5.41, 5.74) is 6.34. The van der Waals surface area contributed by atoms with Gasteiger partial charge in [0.15, 0.2) is 0 Å². The zero-order chi connectivity index (χ0) is 15.5. The number of fused-ring (bicyclic) bond motifs is 1. The highest BCUT2D eigenvalue weighted by molar-refractivity contribution is 5.71. The van der Waals surface area contributed by atoms with Gasteiger partial charge in [0.1, 0.15) is 12.4 Å². The summed E-state index contributed by atoms with van der Waals surface area (Å²) < 4.78 is 6.08. The van der Waals surface area contributed by atoms with Crippen molar-refractivity contribution in [2.75, 3.05) is 0 Å². The Labute approximate surface area is 136 Å². The molecule has 1 aliphatic heterocycles. The minimum Gasteiger partial charge on any atom is -0.488 e. The molecule has 3 aromatic rings. The lowest BCUT2D eigenvalue weighted by molar-refractivity contribution is 0.307. The Bertz CT molecular complexity index is 811. The van der Waals surface area contributed by atoms with Gasteiger partial charge in [-0.15, -0.1) is 0 Å². The van der Waals surface area contributed by atoms with Gasteiger partial charge in [0.2, 0.25) is 0 Å². The van der Waals surface area contributed by atoms with Gasteiger partial charge >= 0.3 is 0 Å². The number of para-hydroxylation sites is 1. The normalized spacial score (nSPS) is 12.9. The van der Waals surface area contributed by atoms with Crippen LogP contribution in [-0.4, -0.2) is 0 Å². The fourth-order valence-electron chi connectivity index (χ4n) is 3.03. The monoisotopic (exact) mass is 301 g/mol. The summed E-state index contributed by atoms with van der Waals surface area (Å²) >= 11 is 0. The second-order valence-electron chi connectivity index (χ2n) is 5.86. The number of benzene rings is 3. The van der Waals surface area contributed by atoms with Crippen molar-refractivity contribution < 1.29 is 4.74 Å². The molecule has 2 nitrogen and oxygen atoms in total. The van der Waals surface area contributed by atoms with Crippen molar-refractivity contribution in [3.05, 3.63) is 89.5 Å². The van der Waals surface area contributed by atoms with Crippen LogP contribution >= 0.6 is 0 Å². The average molecular weight is 301 g/mol. The minimum atomic E-state index is 0.588. The summed E-state index contributed by atoms with van der Waals surface area (Å²) in [6.07, 6.45) is 0. The summed E-state index contributed by atoms with van der Waals surface area (Å²) in [4.78, 5) is 0. The van der Waals surface area contributed by atoms with Crippen LogP contribution in [0.3, 0.4) is 0 Å². The Balaban J connectivity index is 1.62. The predicted octanol–water partition coefficient (Wildman–Crippen LogP) is 4.54. The van der Waals surface area contributed by atoms with Crippen molar-refractivity contribution in [3.8, 4) is 16.9 Å². The van der Waals surface area contributed by atoms with E-state index in [0.29, 0.717) is 6.61 Å². The fourth-order valence-corrected chi connectivity index (χ4v) is 3.03. The Morgan fingerprint density at radius 3 is 2.48 bits per heavy atom.